The standard InChI is InChI=1S/C20H41BO9P/c1-11-15(22)17(29-20(6,7)8)14(28-11)10-26-31(21,24)30-18-13(9-25-19(3,4)5)27-12(2)16(18)23/h11-18,22-23H,9-10H2,1-8,21H3/q-1/t11-,12-,13+,14+,15+,16+,17?,18?,31?/m0/s1. The first-order valence-corrected chi connectivity index (χ1v) is 11.5. The Labute approximate surface area is 187 Å². The van der Waals surface area contributed by atoms with Gasteiger partial charge in [0.25, 0.3) is 0 Å². The molecule has 2 heterocycles. The minimum absolute atomic E-state index is 0.0225. The van der Waals surface area contributed by atoms with Crippen LogP contribution in [0.5, 0.6) is 0 Å². The van der Waals surface area contributed by atoms with Crippen molar-refractivity contribution >= 4 is 15.0 Å². The summed E-state index contributed by atoms with van der Waals surface area (Å²) in [4.78, 5) is 0. The minimum atomic E-state index is -3.34. The van der Waals surface area contributed by atoms with Gasteiger partial charge in [0.1, 0.15) is 44.1 Å². The van der Waals surface area contributed by atoms with E-state index in [1.807, 2.05) is 41.5 Å². The van der Waals surface area contributed by atoms with Crippen LogP contribution in [0.1, 0.15) is 55.4 Å². The van der Waals surface area contributed by atoms with Crippen molar-refractivity contribution < 1.29 is 42.8 Å². The SMILES string of the molecule is [BH3-]P(=O)(OC[C@H]1O[C@@H](C)[C@@H](O)C1OC(C)(C)C)OC1[C@@H](COC(C)(C)C)O[C@@H](C)[C@H]1O. The molecule has 9 nitrogen and oxygen atoms in total. The maximum atomic E-state index is 13.2. The first-order valence-electron chi connectivity index (χ1n) is 10.4. The second-order valence-electron chi connectivity index (χ2n) is 9.95. The number of aliphatic hydroxyl groups excluding tert-OH is 2. The highest BCUT2D eigenvalue weighted by Crippen LogP contribution is 2.47. The quantitative estimate of drug-likeness (QED) is 0.401. The Morgan fingerprint density at radius 1 is 0.871 bits per heavy atom. The van der Waals surface area contributed by atoms with Crippen LogP contribution in [0.2, 0.25) is 0 Å². The van der Waals surface area contributed by atoms with Crippen molar-refractivity contribution in [2.75, 3.05) is 13.2 Å². The molecule has 0 aromatic rings. The molecule has 2 aliphatic rings. The zero-order valence-electron chi connectivity index (χ0n) is 19.2. The van der Waals surface area contributed by atoms with E-state index < -0.39 is 69.5 Å². The van der Waals surface area contributed by atoms with Gasteiger partial charge in [-0.2, -0.15) is 0 Å². The summed E-state index contributed by atoms with van der Waals surface area (Å²) >= 11 is 0. The molecule has 0 aliphatic carbocycles. The fourth-order valence-corrected chi connectivity index (χ4v) is 4.18. The van der Waals surface area contributed by atoms with Crippen molar-refractivity contribution in [2.24, 2.45) is 0 Å². The third kappa shape index (κ3) is 8.05. The van der Waals surface area contributed by atoms with E-state index in [-0.39, 0.29) is 18.8 Å². The van der Waals surface area contributed by atoms with E-state index in [4.69, 9.17) is 28.0 Å². The smallest absolute Gasteiger partial charge is 0.147 e. The molecule has 0 spiro atoms. The second-order valence-corrected chi connectivity index (χ2v) is 10.9. The summed E-state index contributed by atoms with van der Waals surface area (Å²) in [5.41, 5.74) is -0.856. The van der Waals surface area contributed by atoms with Crippen LogP contribution in [0.3, 0.4) is 0 Å². The van der Waals surface area contributed by atoms with Crippen molar-refractivity contribution in [1.29, 1.82) is 0 Å². The molecule has 11 heteroatoms. The van der Waals surface area contributed by atoms with Crippen molar-refractivity contribution in [3.63, 3.8) is 0 Å². The number of aliphatic hydroxyl groups is 2. The van der Waals surface area contributed by atoms with Gasteiger partial charge in [-0.05, 0) is 55.4 Å². The molecule has 0 aromatic carbocycles. The van der Waals surface area contributed by atoms with Gasteiger partial charge in [-0.15, -0.1) is 0 Å². The van der Waals surface area contributed by atoms with Gasteiger partial charge in [0.05, 0.1) is 44.2 Å². The highest BCUT2D eigenvalue weighted by Gasteiger charge is 2.46. The van der Waals surface area contributed by atoms with Gasteiger partial charge in [0, 0.05) is 0 Å². The predicted molar refractivity (Wildman–Crippen MR) is 119 cm³/mol. The molecule has 0 saturated carbocycles. The summed E-state index contributed by atoms with van der Waals surface area (Å²) in [6.45, 7) is 15.2. The molecule has 2 saturated heterocycles. The molecule has 3 unspecified atom stereocenters. The molecule has 2 fully saturated rings. The lowest BCUT2D eigenvalue weighted by atomic mass is 10.1. The Morgan fingerprint density at radius 2 is 1.35 bits per heavy atom. The number of rotatable bonds is 8. The lowest BCUT2D eigenvalue weighted by Crippen LogP contribution is -2.42. The fraction of sp³-hybridized carbons (Fsp3) is 1.00. The molecular formula is C20H41BO9P-. The van der Waals surface area contributed by atoms with Crippen LogP contribution in [0, 0.1) is 0 Å². The van der Waals surface area contributed by atoms with Gasteiger partial charge in [-0.25, -0.2) is 0 Å². The van der Waals surface area contributed by atoms with Gasteiger partial charge in [0.2, 0.25) is 0 Å². The van der Waals surface area contributed by atoms with E-state index in [0.717, 1.165) is 0 Å². The topological polar surface area (TPSA) is 113 Å². The molecule has 2 aliphatic heterocycles. The zero-order valence-corrected chi connectivity index (χ0v) is 20.1. The van der Waals surface area contributed by atoms with Crippen LogP contribution >= 0.6 is 7.47 Å². The van der Waals surface area contributed by atoms with Crippen molar-refractivity contribution in [1.82, 2.24) is 0 Å². The molecule has 184 valence electrons. The highest BCUT2D eigenvalue weighted by molar-refractivity contribution is 7.79. The summed E-state index contributed by atoms with van der Waals surface area (Å²) < 4.78 is 48.1. The average Bonchev–Trinajstić information content (AvgIpc) is 3.01. The van der Waals surface area contributed by atoms with Crippen LogP contribution < -0.4 is 0 Å². The molecular weight excluding hydrogens is 426 g/mol. The van der Waals surface area contributed by atoms with Gasteiger partial charge < -0.3 is 42.8 Å². The molecule has 0 amide bonds. The van der Waals surface area contributed by atoms with E-state index in [9.17, 15) is 14.8 Å². The van der Waals surface area contributed by atoms with Gasteiger partial charge in [-0.1, -0.05) is 0 Å². The molecule has 0 aromatic heterocycles. The van der Waals surface area contributed by atoms with Gasteiger partial charge in [-0.3, -0.25) is 0 Å². The Hall–Kier alpha value is -0.0251. The predicted octanol–water partition coefficient (Wildman–Crippen LogP) is 1.16. The Kier molecular flexibility index (Phi) is 8.85. The molecule has 9 atom stereocenters. The Bertz CT molecular complexity index is 635. The normalized spacial score (nSPS) is 39.1. The van der Waals surface area contributed by atoms with Crippen LogP contribution in [0.25, 0.3) is 0 Å². The molecule has 2 rings (SSSR count). The third-order valence-electron chi connectivity index (χ3n) is 4.87. The summed E-state index contributed by atoms with van der Waals surface area (Å²) in [7, 11) is -4.23. The van der Waals surface area contributed by atoms with Crippen LogP contribution in [0.15, 0.2) is 0 Å². The summed E-state index contributed by atoms with van der Waals surface area (Å²) in [5.74, 6) is 0. The zero-order chi connectivity index (χ0) is 23.8. The van der Waals surface area contributed by atoms with E-state index in [2.05, 4.69) is 0 Å². The number of hydrogen-bond donors (Lipinski definition) is 2. The maximum Gasteiger partial charge on any atom is 0.147 e. The summed E-state index contributed by atoms with van der Waals surface area (Å²) in [5, 5.41) is 20.9. The van der Waals surface area contributed by atoms with Crippen LogP contribution in [0.4, 0.5) is 0 Å². The molecule has 0 bridgehead atoms. The Morgan fingerprint density at radius 3 is 1.84 bits per heavy atom. The first kappa shape index (κ1) is 27.2. The number of ether oxygens (including phenoxy) is 4. The lowest BCUT2D eigenvalue weighted by Gasteiger charge is -2.32. The lowest BCUT2D eigenvalue weighted by molar-refractivity contribution is -0.119. The van der Waals surface area contributed by atoms with Crippen LogP contribution in [-0.2, 0) is 32.6 Å². The van der Waals surface area contributed by atoms with Gasteiger partial charge >= 0.3 is 0 Å². The largest absolute Gasteiger partial charge is 0.388 e. The summed E-state index contributed by atoms with van der Waals surface area (Å²) in [6, 6.07) is 0. The van der Waals surface area contributed by atoms with Crippen molar-refractivity contribution in [3.8, 4) is 0 Å². The highest BCUT2D eigenvalue weighted by atomic mass is 31.2. The van der Waals surface area contributed by atoms with E-state index in [0.29, 0.717) is 0 Å². The van der Waals surface area contributed by atoms with Crippen molar-refractivity contribution in [2.45, 2.75) is 115 Å². The number of hydrogen-bond acceptors (Lipinski definition) is 9. The van der Waals surface area contributed by atoms with E-state index >= 15 is 0 Å². The van der Waals surface area contributed by atoms with E-state index in [1.165, 1.54) is 0 Å². The maximum absolute atomic E-state index is 13.2. The monoisotopic (exact) mass is 467 g/mol. The van der Waals surface area contributed by atoms with Crippen molar-refractivity contribution in [3.05, 3.63) is 0 Å². The first-order chi connectivity index (χ1) is 14.0. The average molecular weight is 467 g/mol. The van der Waals surface area contributed by atoms with Gasteiger partial charge in [0.15, 0.2) is 0 Å². The fourth-order valence-electron chi connectivity index (χ4n) is 3.39. The second kappa shape index (κ2) is 10.1. The Balaban J connectivity index is 2.00. The third-order valence-corrected chi connectivity index (χ3v) is 5.64. The van der Waals surface area contributed by atoms with Crippen LogP contribution in [-0.4, -0.2) is 91.0 Å². The molecule has 2 N–H and O–H groups in total. The molecule has 0 radical (unpaired) electrons. The summed E-state index contributed by atoms with van der Waals surface area (Å²) in [6.07, 6.45) is -5.11. The van der Waals surface area contributed by atoms with E-state index in [1.54, 1.807) is 13.8 Å². The molecule has 31 heavy (non-hydrogen) atoms. The minimum Gasteiger partial charge on any atom is -0.388 e.